The second-order valence-corrected chi connectivity index (χ2v) is 8.06. The maximum Gasteiger partial charge on any atom is 0.251 e. The maximum absolute atomic E-state index is 13.0. The van der Waals surface area contributed by atoms with Crippen molar-refractivity contribution < 1.29 is 19.0 Å². The van der Waals surface area contributed by atoms with E-state index in [-0.39, 0.29) is 11.9 Å². The minimum absolute atomic E-state index is 0.237. The second-order valence-electron chi connectivity index (χ2n) is 7.65. The summed E-state index contributed by atoms with van der Waals surface area (Å²) in [6.45, 7) is 2.84. The standard InChI is InChI=1S/C26H26ClN3O4/c1-17(28-26(31)18-12-13-23(32-2)24(16-18)33-3)25-29-20-9-5-6-10-21(20)30(25)14-15-34-22-11-7-4-8-19(22)27/h4-13,16-17H,14-15H2,1-3H3,(H,28,31). The molecule has 0 saturated heterocycles. The summed E-state index contributed by atoms with van der Waals surface area (Å²) in [5.74, 6) is 2.18. The van der Waals surface area contributed by atoms with Crippen molar-refractivity contribution in [3.05, 3.63) is 83.1 Å². The molecule has 8 heteroatoms. The Bertz CT molecular complexity index is 1300. The molecule has 4 rings (SSSR count). The van der Waals surface area contributed by atoms with Gasteiger partial charge in [-0.3, -0.25) is 4.79 Å². The van der Waals surface area contributed by atoms with E-state index in [1.54, 1.807) is 31.4 Å². The number of fused-ring (bicyclic) bond motifs is 1. The Kier molecular flexibility index (Phi) is 7.23. The first-order valence-corrected chi connectivity index (χ1v) is 11.2. The molecule has 34 heavy (non-hydrogen) atoms. The number of para-hydroxylation sites is 3. The summed E-state index contributed by atoms with van der Waals surface area (Å²) in [6, 6.07) is 19.9. The molecule has 1 unspecified atom stereocenters. The van der Waals surface area contributed by atoms with Crippen molar-refractivity contribution in [1.82, 2.24) is 14.9 Å². The predicted octanol–water partition coefficient (Wildman–Crippen LogP) is 5.28. The molecule has 7 nitrogen and oxygen atoms in total. The van der Waals surface area contributed by atoms with Crippen LogP contribution in [0.15, 0.2) is 66.7 Å². The van der Waals surface area contributed by atoms with Crippen LogP contribution in [0.25, 0.3) is 11.0 Å². The Balaban J connectivity index is 1.54. The van der Waals surface area contributed by atoms with E-state index >= 15 is 0 Å². The van der Waals surface area contributed by atoms with Gasteiger partial charge in [-0.25, -0.2) is 4.98 Å². The highest BCUT2D eigenvalue weighted by Gasteiger charge is 2.20. The monoisotopic (exact) mass is 479 g/mol. The number of amides is 1. The normalized spacial score (nSPS) is 11.8. The SMILES string of the molecule is COc1ccc(C(=O)NC(C)c2nc3ccccc3n2CCOc2ccccc2Cl)cc1OC. The number of hydrogen-bond acceptors (Lipinski definition) is 5. The number of aromatic nitrogens is 2. The smallest absolute Gasteiger partial charge is 0.251 e. The van der Waals surface area contributed by atoms with Crippen molar-refractivity contribution in [2.45, 2.75) is 19.5 Å². The molecule has 0 fully saturated rings. The van der Waals surface area contributed by atoms with E-state index in [1.165, 1.54) is 7.11 Å². The van der Waals surface area contributed by atoms with Gasteiger partial charge in [-0.05, 0) is 49.4 Å². The van der Waals surface area contributed by atoms with Gasteiger partial charge in [-0.1, -0.05) is 35.9 Å². The lowest BCUT2D eigenvalue weighted by molar-refractivity contribution is 0.0937. The topological polar surface area (TPSA) is 74.6 Å². The second kappa shape index (κ2) is 10.5. The van der Waals surface area contributed by atoms with Gasteiger partial charge < -0.3 is 24.1 Å². The summed E-state index contributed by atoms with van der Waals surface area (Å²) >= 11 is 6.21. The van der Waals surface area contributed by atoms with Crippen molar-refractivity contribution in [2.75, 3.05) is 20.8 Å². The molecule has 0 saturated carbocycles. The average molecular weight is 480 g/mol. The van der Waals surface area contributed by atoms with Crippen LogP contribution >= 0.6 is 11.6 Å². The minimum Gasteiger partial charge on any atom is -0.493 e. The Morgan fingerprint density at radius 3 is 2.50 bits per heavy atom. The van der Waals surface area contributed by atoms with Crippen LogP contribution in [-0.4, -0.2) is 36.3 Å². The number of nitrogens with one attached hydrogen (secondary N) is 1. The molecule has 1 N–H and O–H groups in total. The number of ether oxygens (including phenoxy) is 3. The summed E-state index contributed by atoms with van der Waals surface area (Å²) in [5, 5.41) is 3.60. The van der Waals surface area contributed by atoms with Gasteiger partial charge in [0.25, 0.3) is 5.91 Å². The molecule has 0 aliphatic rings. The van der Waals surface area contributed by atoms with Gasteiger partial charge in [0.15, 0.2) is 11.5 Å². The van der Waals surface area contributed by atoms with Gasteiger partial charge in [0.05, 0.1) is 42.9 Å². The molecule has 0 spiro atoms. The van der Waals surface area contributed by atoms with Crippen molar-refractivity contribution in [2.24, 2.45) is 0 Å². The Hall–Kier alpha value is -3.71. The van der Waals surface area contributed by atoms with Crippen molar-refractivity contribution in [3.63, 3.8) is 0 Å². The van der Waals surface area contributed by atoms with Crippen LogP contribution in [0.1, 0.15) is 29.1 Å². The van der Waals surface area contributed by atoms with Gasteiger partial charge in [0, 0.05) is 5.56 Å². The van der Waals surface area contributed by atoms with Crippen LogP contribution in [-0.2, 0) is 6.54 Å². The number of carbonyl (C=O) groups is 1. The third-order valence-corrected chi connectivity index (χ3v) is 5.79. The summed E-state index contributed by atoms with van der Waals surface area (Å²) in [7, 11) is 3.09. The van der Waals surface area contributed by atoms with Crippen molar-refractivity contribution >= 4 is 28.5 Å². The van der Waals surface area contributed by atoms with Gasteiger partial charge in [0.2, 0.25) is 0 Å². The first kappa shape index (κ1) is 23.4. The number of rotatable bonds is 9. The van der Waals surface area contributed by atoms with E-state index in [0.717, 1.165) is 16.9 Å². The fraction of sp³-hybridized carbons (Fsp3) is 0.231. The predicted molar refractivity (Wildman–Crippen MR) is 132 cm³/mol. The van der Waals surface area contributed by atoms with Crippen LogP contribution in [0.2, 0.25) is 5.02 Å². The third-order valence-electron chi connectivity index (χ3n) is 5.47. The lowest BCUT2D eigenvalue weighted by Crippen LogP contribution is -2.29. The quantitative estimate of drug-likeness (QED) is 0.353. The Morgan fingerprint density at radius 2 is 1.74 bits per heavy atom. The summed E-state index contributed by atoms with van der Waals surface area (Å²) < 4.78 is 18.5. The highest BCUT2D eigenvalue weighted by Crippen LogP contribution is 2.28. The van der Waals surface area contributed by atoms with Gasteiger partial charge >= 0.3 is 0 Å². The third kappa shape index (κ3) is 4.94. The number of methoxy groups -OCH3 is 2. The number of nitrogens with zero attached hydrogens (tertiary/aromatic N) is 2. The number of halogens is 1. The summed E-state index contributed by atoms with van der Waals surface area (Å²) in [5.41, 5.74) is 2.28. The zero-order valence-electron chi connectivity index (χ0n) is 19.2. The lowest BCUT2D eigenvalue weighted by atomic mass is 10.1. The Labute approximate surface area is 203 Å². The molecule has 1 amide bonds. The number of benzene rings is 3. The molecule has 1 atom stereocenters. The maximum atomic E-state index is 13.0. The fourth-order valence-electron chi connectivity index (χ4n) is 3.79. The highest BCUT2D eigenvalue weighted by molar-refractivity contribution is 6.32. The molecule has 0 aliphatic heterocycles. The van der Waals surface area contributed by atoms with E-state index in [4.69, 9.17) is 30.8 Å². The number of hydrogen-bond donors (Lipinski definition) is 1. The van der Waals surface area contributed by atoms with E-state index < -0.39 is 0 Å². The van der Waals surface area contributed by atoms with E-state index in [2.05, 4.69) is 9.88 Å². The molecular formula is C26H26ClN3O4. The van der Waals surface area contributed by atoms with E-state index in [1.807, 2.05) is 49.4 Å². The zero-order chi connectivity index (χ0) is 24.1. The van der Waals surface area contributed by atoms with Gasteiger partial charge in [0.1, 0.15) is 18.2 Å². The van der Waals surface area contributed by atoms with E-state index in [0.29, 0.717) is 41.0 Å². The van der Waals surface area contributed by atoms with Crippen LogP contribution in [0.3, 0.4) is 0 Å². The largest absolute Gasteiger partial charge is 0.493 e. The molecule has 0 aliphatic carbocycles. The van der Waals surface area contributed by atoms with Gasteiger partial charge in [-0.15, -0.1) is 0 Å². The number of imidazole rings is 1. The first-order chi connectivity index (χ1) is 16.5. The molecule has 3 aromatic carbocycles. The Morgan fingerprint density at radius 1 is 1.00 bits per heavy atom. The minimum atomic E-state index is -0.353. The van der Waals surface area contributed by atoms with Crippen LogP contribution in [0.5, 0.6) is 17.2 Å². The lowest BCUT2D eigenvalue weighted by Gasteiger charge is -2.17. The molecule has 4 aromatic rings. The average Bonchev–Trinajstić information content (AvgIpc) is 3.23. The van der Waals surface area contributed by atoms with Crippen LogP contribution < -0.4 is 19.5 Å². The molecule has 0 radical (unpaired) electrons. The first-order valence-electron chi connectivity index (χ1n) is 10.9. The summed E-state index contributed by atoms with van der Waals surface area (Å²) in [6.07, 6.45) is 0. The highest BCUT2D eigenvalue weighted by atomic mass is 35.5. The zero-order valence-corrected chi connectivity index (χ0v) is 20.0. The fourth-order valence-corrected chi connectivity index (χ4v) is 3.98. The van der Waals surface area contributed by atoms with Crippen molar-refractivity contribution in [3.8, 4) is 17.2 Å². The molecule has 0 bridgehead atoms. The summed E-state index contributed by atoms with van der Waals surface area (Å²) in [4.78, 5) is 17.8. The molecule has 1 aromatic heterocycles. The van der Waals surface area contributed by atoms with Crippen LogP contribution in [0, 0.1) is 0 Å². The number of carbonyl (C=O) groups excluding carboxylic acids is 1. The van der Waals surface area contributed by atoms with E-state index in [9.17, 15) is 4.79 Å². The van der Waals surface area contributed by atoms with Crippen LogP contribution in [0.4, 0.5) is 0 Å². The molecule has 1 heterocycles. The van der Waals surface area contributed by atoms with Gasteiger partial charge in [-0.2, -0.15) is 0 Å². The molecular weight excluding hydrogens is 454 g/mol. The molecule has 176 valence electrons. The van der Waals surface area contributed by atoms with Crippen molar-refractivity contribution in [1.29, 1.82) is 0 Å².